The zero-order valence-corrected chi connectivity index (χ0v) is 15.0. The van der Waals surface area contributed by atoms with Gasteiger partial charge in [-0.1, -0.05) is 29.8 Å². The van der Waals surface area contributed by atoms with Crippen molar-refractivity contribution in [3.8, 4) is 5.75 Å². The molecular formula is C22H24N2O2. The molecule has 4 nitrogen and oxygen atoms in total. The van der Waals surface area contributed by atoms with Crippen LogP contribution in [0.4, 0.5) is 0 Å². The van der Waals surface area contributed by atoms with Crippen molar-refractivity contribution >= 4 is 10.9 Å². The average molecular weight is 348 g/mol. The van der Waals surface area contributed by atoms with Crippen LogP contribution in [0, 0.1) is 6.92 Å². The molecular weight excluding hydrogens is 324 g/mol. The molecule has 1 heterocycles. The predicted octanol–water partition coefficient (Wildman–Crippen LogP) is 3.53. The number of aromatic hydroxyl groups is 1. The van der Waals surface area contributed by atoms with Gasteiger partial charge in [-0.25, -0.2) is 0 Å². The standard InChI is InChI=1S/C22H24N2O2/c1-3-12-24-21-9-4-16(2)13-18(21)14-19(22(24)26)15-23-11-10-17-5-7-20(25)8-6-17/h3-9,13-14,23,25H,1,10-12,15H2,2H3. The molecule has 3 rings (SSSR count). The number of aromatic nitrogens is 1. The quantitative estimate of drug-likeness (QED) is 0.507. The van der Waals surface area contributed by atoms with E-state index in [1.807, 2.05) is 30.3 Å². The highest BCUT2D eigenvalue weighted by molar-refractivity contribution is 5.80. The summed E-state index contributed by atoms with van der Waals surface area (Å²) in [4.78, 5) is 12.8. The van der Waals surface area contributed by atoms with Crippen LogP contribution >= 0.6 is 0 Å². The fraction of sp³-hybridized carbons (Fsp3) is 0.227. The molecule has 0 unspecified atom stereocenters. The monoisotopic (exact) mass is 348 g/mol. The SMILES string of the molecule is C=CCn1c(=O)c(CNCCc2ccc(O)cc2)cc2cc(C)ccc21. The van der Waals surface area contributed by atoms with Crippen molar-refractivity contribution in [3.63, 3.8) is 0 Å². The van der Waals surface area contributed by atoms with Crippen LogP contribution in [-0.4, -0.2) is 16.2 Å². The lowest BCUT2D eigenvalue weighted by atomic mass is 10.1. The normalized spacial score (nSPS) is 11.0. The molecule has 0 saturated heterocycles. The Hall–Kier alpha value is -2.85. The number of nitrogens with one attached hydrogen (secondary N) is 1. The third-order valence-electron chi connectivity index (χ3n) is 4.48. The molecule has 3 aromatic rings. The Kier molecular flexibility index (Phi) is 5.54. The molecule has 0 saturated carbocycles. The number of hydrogen-bond donors (Lipinski definition) is 2. The minimum absolute atomic E-state index is 0.0263. The Bertz CT molecular complexity index is 972. The minimum Gasteiger partial charge on any atom is -0.508 e. The van der Waals surface area contributed by atoms with Crippen LogP contribution < -0.4 is 10.9 Å². The van der Waals surface area contributed by atoms with Gasteiger partial charge in [0.05, 0.1) is 5.52 Å². The van der Waals surface area contributed by atoms with Crippen molar-refractivity contribution in [3.05, 3.63) is 88.2 Å². The number of pyridine rings is 1. The molecule has 0 atom stereocenters. The molecule has 0 aliphatic heterocycles. The largest absolute Gasteiger partial charge is 0.508 e. The van der Waals surface area contributed by atoms with Gasteiger partial charge in [0.2, 0.25) is 0 Å². The average Bonchev–Trinajstić information content (AvgIpc) is 2.63. The molecule has 134 valence electrons. The molecule has 4 heteroatoms. The first-order valence-corrected chi connectivity index (χ1v) is 8.81. The van der Waals surface area contributed by atoms with Crippen molar-refractivity contribution in [2.24, 2.45) is 0 Å². The number of hydrogen-bond acceptors (Lipinski definition) is 3. The van der Waals surface area contributed by atoms with Crippen molar-refractivity contribution < 1.29 is 5.11 Å². The summed E-state index contributed by atoms with van der Waals surface area (Å²) in [6.07, 6.45) is 2.59. The number of phenols is 1. The fourth-order valence-corrected chi connectivity index (χ4v) is 3.12. The van der Waals surface area contributed by atoms with Gasteiger partial charge in [-0.2, -0.15) is 0 Å². The summed E-state index contributed by atoms with van der Waals surface area (Å²) in [5.41, 5.74) is 4.04. The fourth-order valence-electron chi connectivity index (χ4n) is 3.12. The molecule has 0 radical (unpaired) electrons. The second-order valence-corrected chi connectivity index (χ2v) is 6.53. The smallest absolute Gasteiger partial charge is 0.255 e. The lowest BCUT2D eigenvalue weighted by Crippen LogP contribution is -2.28. The topological polar surface area (TPSA) is 54.3 Å². The Morgan fingerprint density at radius 3 is 2.65 bits per heavy atom. The van der Waals surface area contributed by atoms with E-state index < -0.39 is 0 Å². The summed E-state index contributed by atoms with van der Waals surface area (Å²) in [5, 5.41) is 13.7. The second kappa shape index (κ2) is 8.02. The molecule has 0 bridgehead atoms. The van der Waals surface area contributed by atoms with E-state index in [9.17, 15) is 9.90 Å². The highest BCUT2D eigenvalue weighted by Crippen LogP contribution is 2.16. The molecule has 0 spiro atoms. The second-order valence-electron chi connectivity index (χ2n) is 6.53. The first-order valence-electron chi connectivity index (χ1n) is 8.81. The van der Waals surface area contributed by atoms with Gasteiger partial charge in [0.25, 0.3) is 5.56 Å². The van der Waals surface area contributed by atoms with Crippen LogP contribution in [0.1, 0.15) is 16.7 Å². The van der Waals surface area contributed by atoms with E-state index in [2.05, 4.69) is 24.9 Å². The number of allylic oxidation sites excluding steroid dienone is 1. The van der Waals surface area contributed by atoms with E-state index >= 15 is 0 Å². The third-order valence-corrected chi connectivity index (χ3v) is 4.48. The number of aryl methyl sites for hydroxylation is 1. The van der Waals surface area contributed by atoms with Crippen LogP contribution in [-0.2, 0) is 19.5 Å². The van der Waals surface area contributed by atoms with Gasteiger partial charge in [0, 0.05) is 18.7 Å². The van der Waals surface area contributed by atoms with E-state index in [1.54, 1.807) is 22.8 Å². The van der Waals surface area contributed by atoms with Gasteiger partial charge in [-0.15, -0.1) is 6.58 Å². The Labute approximate surface area is 153 Å². The van der Waals surface area contributed by atoms with Gasteiger partial charge in [-0.05, 0) is 61.2 Å². The molecule has 2 N–H and O–H groups in total. The molecule has 0 fully saturated rings. The van der Waals surface area contributed by atoms with E-state index in [4.69, 9.17) is 0 Å². The number of rotatable bonds is 7. The molecule has 26 heavy (non-hydrogen) atoms. The van der Waals surface area contributed by atoms with Crippen LogP contribution in [0.25, 0.3) is 10.9 Å². The first kappa shape index (κ1) is 18.0. The third kappa shape index (κ3) is 4.03. The lowest BCUT2D eigenvalue weighted by Gasteiger charge is -2.12. The molecule has 2 aromatic carbocycles. The molecule has 0 amide bonds. The Morgan fingerprint density at radius 2 is 1.92 bits per heavy atom. The zero-order chi connectivity index (χ0) is 18.5. The maximum Gasteiger partial charge on any atom is 0.255 e. The van der Waals surface area contributed by atoms with Gasteiger partial charge >= 0.3 is 0 Å². The van der Waals surface area contributed by atoms with E-state index in [1.165, 1.54) is 5.56 Å². The summed E-state index contributed by atoms with van der Waals surface area (Å²) >= 11 is 0. The van der Waals surface area contributed by atoms with Crippen LogP contribution in [0.3, 0.4) is 0 Å². The number of benzene rings is 2. The molecule has 0 aliphatic rings. The highest BCUT2D eigenvalue weighted by Gasteiger charge is 2.08. The van der Waals surface area contributed by atoms with E-state index in [-0.39, 0.29) is 11.3 Å². The number of nitrogens with zero attached hydrogens (tertiary/aromatic N) is 1. The highest BCUT2D eigenvalue weighted by atomic mass is 16.3. The number of fused-ring (bicyclic) bond motifs is 1. The van der Waals surface area contributed by atoms with Crippen LogP contribution in [0.15, 0.2) is 66.0 Å². The lowest BCUT2D eigenvalue weighted by molar-refractivity contribution is 0.475. The van der Waals surface area contributed by atoms with Crippen molar-refractivity contribution in [2.75, 3.05) is 6.54 Å². The van der Waals surface area contributed by atoms with Gasteiger partial charge in [0.15, 0.2) is 0 Å². The summed E-state index contributed by atoms with van der Waals surface area (Å²) in [6.45, 7) is 7.61. The minimum atomic E-state index is 0.0263. The Morgan fingerprint density at radius 1 is 1.15 bits per heavy atom. The maximum atomic E-state index is 12.8. The summed E-state index contributed by atoms with van der Waals surface area (Å²) in [7, 11) is 0. The van der Waals surface area contributed by atoms with Gasteiger partial charge < -0.3 is 15.0 Å². The van der Waals surface area contributed by atoms with Crippen molar-refractivity contribution in [1.82, 2.24) is 9.88 Å². The maximum absolute atomic E-state index is 12.8. The van der Waals surface area contributed by atoms with Crippen molar-refractivity contribution in [1.29, 1.82) is 0 Å². The number of phenolic OH excluding ortho intramolecular Hbond substituents is 1. The Balaban J connectivity index is 1.76. The summed E-state index contributed by atoms with van der Waals surface area (Å²) in [5.74, 6) is 0.274. The van der Waals surface area contributed by atoms with Crippen LogP contribution in [0.5, 0.6) is 5.75 Å². The zero-order valence-electron chi connectivity index (χ0n) is 15.0. The van der Waals surface area contributed by atoms with Gasteiger partial charge in [0.1, 0.15) is 5.75 Å². The van der Waals surface area contributed by atoms with Crippen molar-refractivity contribution in [2.45, 2.75) is 26.4 Å². The molecule has 0 aliphatic carbocycles. The summed E-state index contributed by atoms with van der Waals surface area (Å²) < 4.78 is 1.78. The molecule has 1 aromatic heterocycles. The first-order chi connectivity index (χ1) is 12.6. The van der Waals surface area contributed by atoms with E-state index in [0.717, 1.165) is 35.0 Å². The van der Waals surface area contributed by atoms with Crippen LogP contribution in [0.2, 0.25) is 0 Å². The predicted molar refractivity (Wildman–Crippen MR) is 107 cm³/mol. The van der Waals surface area contributed by atoms with E-state index in [0.29, 0.717) is 13.1 Å². The summed E-state index contributed by atoms with van der Waals surface area (Å²) in [6, 6.07) is 15.3. The van der Waals surface area contributed by atoms with Gasteiger partial charge in [-0.3, -0.25) is 4.79 Å².